The Morgan fingerprint density at radius 1 is 1.44 bits per heavy atom. The number of nitrogens with zero attached hydrogens (tertiary/aromatic N) is 2. The molecular formula is C10H16N2O4. The molecule has 0 aliphatic rings. The molecule has 0 amide bonds. The van der Waals surface area contributed by atoms with Gasteiger partial charge in [0.15, 0.2) is 0 Å². The van der Waals surface area contributed by atoms with E-state index in [9.17, 15) is 9.59 Å². The van der Waals surface area contributed by atoms with Gasteiger partial charge in [-0.15, -0.1) is 0 Å². The van der Waals surface area contributed by atoms with Crippen molar-refractivity contribution in [1.29, 1.82) is 5.26 Å². The van der Waals surface area contributed by atoms with Crippen LogP contribution in [0.15, 0.2) is 0 Å². The molecule has 16 heavy (non-hydrogen) atoms. The first kappa shape index (κ1) is 14.4. The number of carboxylic acid groups (broad SMARTS) is 2. The molecule has 0 radical (unpaired) electrons. The van der Waals surface area contributed by atoms with Crippen molar-refractivity contribution in [2.75, 3.05) is 19.6 Å². The van der Waals surface area contributed by atoms with Crippen molar-refractivity contribution in [1.82, 2.24) is 4.90 Å². The highest BCUT2D eigenvalue weighted by Gasteiger charge is 2.15. The normalized spacial score (nSPS) is 12.1. The summed E-state index contributed by atoms with van der Waals surface area (Å²) in [5, 5.41) is 25.7. The molecule has 0 fully saturated rings. The van der Waals surface area contributed by atoms with Gasteiger partial charge in [0.2, 0.25) is 0 Å². The van der Waals surface area contributed by atoms with Crippen LogP contribution in [-0.2, 0) is 9.59 Å². The Morgan fingerprint density at radius 3 is 2.50 bits per heavy atom. The van der Waals surface area contributed by atoms with E-state index in [2.05, 4.69) is 0 Å². The number of carboxylic acids is 2. The van der Waals surface area contributed by atoms with Gasteiger partial charge in [0.05, 0.1) is 18.5 Å². The molecule has 6 heteroatoms. The van der Waals surface area contributed by atoms with E-state index in [0.29, 0.717) is 13.0 Å². The second-order valence-electron chi connectivity index (χ2n) is 3.63. The van der Waals surface area contributed by atoms with Crippen LogP contribution in [0.4, 0.5) is 0 Å². The van der Waals surface area contributed by atoms with Gasteiger partial charge in [-0.05, 0) is 13.0 Å². The van der Waals surface area contributed by atoms with Gasteiger partial charge >= 0.3 is 11.9 Å². The third kappa shape index (κ3) is 6.79. The number of rotatable bonds is 8. The zero-order chi connectivity index (χ0) is 12.6. The van der Waals surface area contributed by atoms with Gasteiger partial charge in [-0.25, -0.2) is 0 Å². The van der Waals surface area contributed by atoms with Gasteiger partial charge in [0.25, 0.3) is 0 Å². The fourth-order valence-corrected chi connectivity index (χ4v) is 1.25. The Labute approximate surface area is 94.1 Å². The third-order valence-electron chi connectivity index (χ3n) is 2.11. The summed E-state index contributed by atoms with van der Waals surface area (Å²) in [6, 6.07) is 1.94. The molecule has 0 aromatic rings. The van der Waals surface area contributed by atoms with Gasteiger partial charge in [0.1, 0.15) is 0 Å². The number of nitriles is 1. The number of hydrogen-bond acceptors (Lipinski definition) is 4. The van der Waals surface area contributed by atoms with Crippen LogP contribution in [-0.4, -0.2) is 46.7 Å². The molecule has 0 aromatic carbocycles. The van der Waals surface area contributed by atoms with Gasteiger partial charge in [-0.1, -0.05) is 6.92 Å². The van der Waals surface area contributed by atoms with Crippen LogP contribution in [0.25, 0.3) is 0 Å². The summed E-state index contributed by atoms with van der Waals surface area (Å²) in [5.74, 6) is -2.36. The Kier molecular flexibility index (Phi) is 6.88. The number of carbonyl (C=O) groups is 2. The van der Waals surface area contributed by atoms with Crippen molar-refractivity contribution in [3.63, 3.8) is 0 Å². The second-order valence-corrected chi connectivity index (χ2v) is 3.63. The largest absolute Gasteiger partial charge is 0.481 e. The van der Waals surface area contributed by atoms with E-state index in [0.717, 1.165) is 0 Å². The van der Waals surface area contributed by atoms with Gasteiger partial charge in [0, 0.05) is 13.0 Å². The van der Waals surface area contributed by atoms with Crippen LogP contribution in [0, 0.1) is 17.2 Å². The molecule has 0 bridgehead atoms. The molecule has 0 spiro atoms. The molecular weight excluding hydrogens is 212 g/mol. The van der Waals surface area contributed by atoms with Gasteiger partial charge in [-0.3, -0.25) is 14.5 Å². The first-order chi connectivity index (χ1) is 7.47. The predicted octanol–water partition coefficient (Wildman–Crippen LogP) is 0.397. The highest BCUT2D eigenvalue weighted by molar-refractivity contribution is 5.69. The highest BCUT2D eigenvalue weighted by atomic mass is 16.4. The minimum atomic E-state index is -0.916. The Morgan fingerprint density at radius 2 is 2.06 bits per heavy atom. The molecule has 0 saturated heterocycles. The van der Waals surface area contributed by atoms with Crippen molar-refractivity contribution in [2.45, 2.75) is 19.8 Å². The van der Waals surface area contributed by atoms with Crippen LogP contribution in [0.2, 0.25) is 0 Å². The van der Waals surface area contributed by atoms with E-state index in [4.69, 9.17) is 15.5 Å². The maximum Gasteiger partial charge on any atom is 0.307 e. The van der Waals surface area contributed by atoms with E-state index < -0.39 is 17.9 Å². The molecule has 0 rings (SSSR count). The third-order valence-corrected chi connectivity index (χ3v) is 2.11. The fraction of sp³-hybridized carbons (Fsp3) is 0.700. The second kappa shape index (κ2) is 7.65. The maximum atomic E-state index is 10.6. The standard InChI is InChI=1S/C10H16N2O4/c1-8(10(15)16)7-12(6-4-11)5-2-3-9(13)14/h8H,2-3,5-7H2,1H3,(H,13,14)(H,15,16). The highest BCUT2D eigenvalue weighted by Crippen LogP contribution is 2.02. The minimum Gasteiger partial charge on any atom is -0.481 e. The molecule has 0 heterocycles. The molecule has 0 aliphatic carbocycles. The van der Waals surface area contributed by atoms with Crippen LogP contribution in [0.1, 0.15) is 19.8 Å². The average Bonchev–Trinajstić information content (AvgIpc) is 2.17. The minimum absolute atomic E-state index is 0.0311. The molecule has 2 N–H and O–H groups in total. The molecule has 0 saturated carbocycles. The summed E-state index contributed by atoms with van der Waals surface area (Å²) >= 11 is 0. The van der Waals surface area contributed by atoms with Crippen LogP contribution in [0.3, 0.4) is 0 Å². The topological polar surface area (TPSA) is 102 Å². The molecule has 6 nitrogen and oxygen atoms in total. The van der Waals surface area contributed by atoms with E-state index in [-0.39, 0.29) is 19.5 Å². The summed E-state index contributed by atoms with van der Waals surface area (Å²) in [6.07, 6.45) is 0.451. The lowest BCUT2D eigenvalue weighted by Crippen LogP contribution is -2.33. The summed E-state index contributed by atoms with van der Waals surface area (Å²) in [4.78, 5) is 22.6. The summed E-state index contributed by atoms with van der Waals surface area (Å²) < 4.78 is 0. The lowest BCUT2D eigenvalue weighted by Gasteiger charge is -2.20. The van der Waals surface area contributed by atoms with Crippen molar-refractivity contribution in [3.8, 4) is 6.07 Å². The molecule has 0 aliphatic heterocycles. The first-order valence-corrected chi connectivity index (χ1v) is 5.01. The Balaban J connectivity index is 4.02. The Bertz CT molecular complexity index is 285. The Hall–Kier alpha value is -1.61. The predicted molar refractivity (Wildman–Crippen MR) is 55.7 cm³/mol. The van der Waals surface area contributed by atoms with Crippen molar-refractivity contribution in [2.24, 2.45) is 5.92 Å². The fourth-order valence-electron chi connectivity index (χ4n) is 1.25. The van der Waals surface area contributed by atoms with Gasteiger partial charge < -0.3 is 10.2 Å². The molecule has 1 atom stereocenters. The summed E-state index contributed by atoms with van der Waals surface area (Å²) in [6.45, 7) is 2.38. The SMILES string of the molecule is CC(CN(CC#N)CCCC(=O)O)C(=O)O. The number of aliphatic carboxylic acids is 2. The maximum absolute atomic E-state index is 10.6. The van der Waals surface area contributed by atoms with Gasteiger partial charge in [-0.2, -0.15) is 5.26 Å². The van der Waals surface area contributed by atoms with Crippen molar-refractivity contribution >= 4 is 11.9 Å². The summed E-state index contributed by atoms with van der Waals surface area (Å²) in [7, 11) is 0. The summed E-state index contributed by atoms with van der Waals surface area (Å²) in [5.41, 5.74) is 0. The van der Waals surface area contributed by atoms with Crippen LogP contribution < -0.4 is 0 Å². The first-order valence-electron chi connectivity index (χ1n) is 5.01. The monoisotopic (exact) mass is 228 g/mol. The van der Waals surface area contributed by atoms with Crippen molar-refractivity contribution < 1.29 is 19.8 Å². The van der Waals surface area contributed by atoms with E-state index in [1.807, 2.05) is 6.07 Å². The lowest BCUT2D eigenvalue weighted by atomic mass is 10.1. The quantitative estimate of drug-likeness (QED) is 0.583. The smallest absolute Gasteiger partial charge is 0.307 e. The molecule has 0 aromatic heterocycles. The van der Waals surface area contributed by atoms with Crippen LogP contribution in [0.5, 0.6) is 0 Å². The van der Waals surface area contributed by atoms with E-state index in [1.54, 1.807) is 11.8 Å². The molecule has 1 unspecified atom stereocenters. The zero-order valence-electron chi connectivity index (χ0n) is 9.22. The zero-order valence-corrected chi connectivity index (χ0v) is 9.22. The van der Waals surface area contributed by atoms with Crippen molar-refractivity contribution in [3.05, 3.63) is 0 Å². The lowest BCUT2D eigenvalue weighted by molar-refractivity contribution is -0.142. The number of hydrogen-bond donors (Lipinski definition) is 2. The molecule has 90 valence electrons. The van der Waals surface area contributed by atoms with E-state index in [1.165, 1.54) is 0 Å². The van der Waals surface area contributed by atoms with E-state index >= 15 is 0 Å². The van der Waals surface area contributed by atoms with Crippen LogP contribution >= 0.6 is 0 Å². The average molecular weight is 228 g/mol.